The van der Waals surface area contributed by atoms with Crippen LogP contribution in [0.4, 0.5) is 0 Å². The molecule has 1 aromatic heterocycles. The van der Waals surface area contributed by atoms with Crippen LogP contribution in [0, 0.1) is 11.8 Å². The fourth-order valence-electron chi connectivity index (χ4n) is 2.43. The maximum atomic E-state index is 11.4. The summed E-state index contributed by atoms with van der Waals surface area (Å²) >= 11 is 0. The maximum Gasteiger partial charge on any atom is 0.359 e. The molecule has 0 unspecified atom stereocenters. The fourth-order valence-corrected chi connectivity index (χ4v) is 2.43. The second-order valence-electron chi connectivity index (χ2n) is 5.73. The number of ether oxygens (including phenoxy) is 1. The number of aliphatic hydroxyl groups is 1. The highest BCUT2D eigenvalue weighted by atomic mass is 16.5. The largest absolute Gasteiger partial charge is 0.478 e. The molecule has 11 nitrogen and oxygen atoms in total. The number of rotatable bonds is 6. The van der Waals surface area contributed by atoms with Crippen molar-refractivity contribution in [3.63, 3.8) is 0 Å². The number of carboxylic acid groups (broad SMARTS) is 3. The van der Waals surface area contributed by atoms with Gasteiger partial charge in [-0.25, -0.2) is 19.4 Å². The van der Waals surface area contributed by atoms with Gasteiger partial charge in [-0.1, -0.05) is 6.92 Å². The first kappa shape index (κ1) is 21.1. The van der Waals surface area contributed by atoms with Gasteiger partial charge >= 0.3 is 29.5 Å². The van der Waals surface area contributed by atoms with Crippen molar-refractivity contribution in [2.75, 3.05) is 6.61 Å². The van der Waals surface area contributed by atoms with Crippen molar-refractivity contribution in [1.29, 1.82) is 0 Å². The summed E-state index contributed by atoms with van der Waals surface area (Å²) in [5.74, 6) is -6.66. The average Bonchev–Trinajstić information content (AvgIpc) is 3.12. The molecule has 0 radical (unpaired) electrons. The van der Waals surface area contributed by atoms with Gasteiger partial charge in [0.05, 0.1) is 18.9 Å². The van der Waals surface area contributed by atoms with Crippen LogP contribution in [-0.2, 0) is 37.4 Å². The monoisotopic (exact) mass is 372 g/mol. The van der Waals surface area contributed by atoms with E-state index in [9.17, 15) is 19.2 Å². The first-order valence-corrected chi connectivity index (χ1v) is 7.60. The summed E-state index contributed by atoms with van der Waals surface area (Å²) in [6.07, 6.45) is 5.38. The highest BCUT2D eigenvalue weighted by Gasteiger charge is 2.53. The Morgan fingerprint density at radius 2 is 1.81 bits per heavy atom. The molecule has 1 aliphatic rings. The number of carbonyl (C=O) groups is 4. The van der Waals surface area contributed by atoms with Crippen molar-refractivity contribution in [3.8, 4) is 0 Å². The second kappa shape index (κ2) is 8.43. The standard InChI is InChI=1S/C11H16N2O2.C4H4O7/c1-3-10-8(6-15-11(10)14)4-9-5-12-7-13(9)2;5-1(6)4(11,2(7)8)3(9)10/h5,7-8,10H,3-4,6H2,1-2H3;11H,(H,5,6)(H,7,8)(H,9,10)/t8-,10-;/m0./s1. The van der Waals surface area contributed by atoms with Crippen molar-refractivity contribution >= 4 is 23.9 Å². The smallest absolute Gasteiger partial charge is 0.359 e. The molecular formula is C15H20N2O9. The molecule has 26 heavy (non-hydrogen) atoms. The van der Waals surface area contributed by atoms with Gasteiger partial charge in [-0.2, -0.15) is 0 Å². The number of aromatic nitrogens is 2. The topological polar surface area (TPSA) is 176 Å². The molecule has 1 aliphatic heterocycles. The summed E-state index contributed by atoms with van der Waals surface area (Å²) in [4.78, 5) is 45.1. The second-order valence-corrected chi connectivity index (χ2v) is 5.73. The summed E-state index contributed by atoms with van der Waals surface area (Å²) in [6.45, 7) is 2.59. The Labute approximate surface area is 147 Å². The first-order valence-electron chi connectivity index (χ1n) is 7.60. The summed E-state index contributed by atoms with van der Waals surface area (Å²) in [6, 6.07) is 0. The lowest BCUT2D eigenvalue weighted by atomic mass is 9.89. The zero-order valence-corrected chi connectivity index (χ0v) is 14.2. The minimum atomic E-state index is -3.75. The van der Waals surface area contributed by atoms with Crippen molar-refractivity contribution < 1.29 is 44.3 Å². The van der Waals surface area contributed by atoms with E-state index in [0.717, 1.165) is 18.5 Å². The Kier molecular flexibility index (Phi) is 6.84. The number of hydrogen-bond acceptors (Lipinski definition) is 7. The molecule has 1 aromatic rings. The highest BCUT2D eigenvalue weighted by Crippen LogP contribution is 2.27. The van der Waals surface area contributed by atoms with Crippen LogP contribution in [0.2, 0.25) is 0 Å². The van der Waals surface area contributed by atoms with Crippen molar-refractivity contribution in [2.24, 2.45) is 18.9 Å². The number of imidazole rings is 1. The van der Waals surface area contributed by atoms with E-state index in [-0.39, 0.29) is 11.9 Å². The lowest BCUT2D eigenvalue weighted by molar-refractivity contribution is -0.186. The van der Waals surface area contributed by atoms with Gasteiger partial charge in [0, 0.05) is 24.9 Å². The predicted molar refractivity (Wildman–Crippen MR) is 83.0 cm³/mol. The van der Waals surface area contributed by atoms with Crippen LogP contribution in [0.5, 0.6) is 0 Å². The maximum absolute atomic E-state index is 11.4. The Balaban J connectivity index is 0.000000276. The van der Waals surface area contributed by atoms with Crippen LogP contribution in [0.25, 0.3) is 0 Å². The number of carboxylic acids is 3. The van der Waals surface area contributed by atoms with Gasteiger partial charge in [-0.3, -0.25) is 4.79 Å². The van der Waals surface area contributed by atoms with Crippen LogP contribution in [0.1, 0.15) is 19.0 Å². The summed E-state index contributed by atoms with van der Waals surface area (Å²) in [5.41, 5.74) is -2.59. The van der Waals surface area contributed by atoms with Gasteiger partial charge in [0.15, 0.2) is 0 Å². The number of cyclic esters (lactones) is 1. The lowest BCUT2D eigenvalue weighted by Gasteiger charge is -2.12. The Morgan fingerprint density at radius 1 is 1.27 bits per heavy atom. The molecule has 2 atom stereocenters. The third kappa shape index (κ3) is 4.36. The fraction of sp³-hybridized carbons (Fsp3) is 0.533. The van der Waals surface area contributed by atoms with Crippen LogP contribution in [0.3, 0.4) is 0 Å². The Hall–Kier alpha value is -2.95. The van der Waals surface area contributed by atoms with Gasteiger partial charge in [-0.15, -0.1) is 0 Å². The first-order chi connectivity index (χ1) is 12.0. The molecule has 2 rings (SSSR count). The van der Waals surface area contributed by atoms with Crippen LogP contribution in [-0.4, -0.2) is 66.1 Å². The third-order valence-corrected chi connectivity index (χ3v) is 4.07. The molecule has 2 heterocycles. The van der Waals surface area contributed by atoms with Crippen LogP contribution >= 0.6 is 0 Å². The van der Waals surface area contributed by atoms with Gasteiger partial charge < -0.3 is 29.7 Å². The van der Waals surface area contributed by atoms with E-state index in [1.807, 2.05) is 24.7 Å². The lowest BCUT2D eigenvalue weighted by Crippen LogP contribution is -2.53. The highest BCUT2D eigenvalue weighted by molar-refractivity contribution is 6.19. The Morgan fingerprint density at radius 3 is 2.15 bits per heavy atom. The van der Waals surface area contributed by atoms with Gasteiger partial charge in [0.25, 0.3) is 0 Å². The van der Waals surface area contributed by atoms with E-state index < -0.39 is 23.5 Å². The molecule has 0 saturated carbocycles. The predicted octanol–water partition coefficient (Wildman–Crippen LogP) is -0.867. The molecule has 144 valence electrons. The quantitative estimate of drug-likeness (QED) is 0.363. The van der Waals surface area contributed by atoms with E-state index in [1.165, 1.54) is 0 Å². The van der Waals surface area contributed by atoms with E-state index in [0.29, 0.717) is 12.5 Å². The number of nitrogens with zero attached hydrogens (tertiary/aromatic N) is 2. The van der Waals surface area contributed by atoms with Crippen LogP contribution < -0.4 is 0 Å². The van der Waals surface area contributed by atoms with Crippen molar-refractivity contribution in [2.45, 2.75) is 25.4 Å². The molecule has 1 fully saturated rings. The van der Waals surface area contributed by atoms with E-state index in [4.69, 9.17) is 25.2 Å². The van der Waals surface area contributed by atoms with Gasteiger partial charge in [0.1, 0.15) is 0 Å². The molecule has 0 amide bonds. The number of hydrogen-bond donors (Lipinski definition) is 4. The molecule has 1 saturated heterocycles. The third-order valence-electron chi connectivity index (χ3n) is 4.07. The number of esters is 1. The van der Waals surface area contributed by atoms with E-state index in [2.05, 4.69) is 4.98 Å². The average molecular weight is 372 g/mol. The Bertz CT molecular complexity index is 661. The molecule has 0 spiro atoms. The zero-order chi connectivity index (χ0) is 20.1. The molecule has 0 aliphatic carbocycles. The normalized spacial score (nSPS) is 19.3. The van der Waals surface area contributed by atoms with Crippen LogP contribution in [0.15, 0.2) is 12.5 Å². The molecule has 0 bridgehead atoms. The number of aryl methyl sites for hydroxylation is 1. The number of carbonyl (C=O) groups excluding carboxylic acids is 1. The summed E-state index contributed by atoms with van der Waals surface area (Å²) in [7, 11) is 1.97. The molecule has 11 heteroatoms. The SMILES string of the molecule is CC[C@@H]1C(=O)OC[C@@H]1Cc1cncn1C.O=C(O)C(O)(C(=O)O)C(=O)O. The minimum Gasteiger partial charge on any atom is -0.478 e. The zero-order valence-electron chi connectivity index (χ0n) is 14.2. The van der Waals surface area contributed by atoms with Crippen molar-refractivity contribution in [1.82, 2.24) is 9.55 Å². The minimum absolute atomic E-state index is 0.0373. The molecule has 0 aromatic carbocycles. The van der Waals surface area contributed by atoms with E-state index >= 15 is 0 Å². The van der Waals surface area contributed by atoms with E-state index in [1.54, 1.807) is 6.33 Å². The molecular weight excluding hydrogens is 352 g/mol. The van der Waals surface area contributed by atoms with Gasteiger partial charge in [0.2, 0.25) is 0 Å². The number of aliphatic carboxylic acids is 3. The van der Waals surface area contributed by atoms with Gasteiger partial charge in [-0.05, 0) is 12.8 Å². The van der Waals surface area contributed by atoms with Crippen molar-refractivity contribution in [3.05, 3.63) is 18.2 Å². The summed E-state index contributed by atoms with van der Waals surface area (Å²) < 4.78 is 7.08. The molecule has 4 N–H and O–H groups in total. The summed E-state index contributed by atoms with van der Waals surface area (Å²) in [5, 5.41) is 32.3.